The van der Waals surface area contributed by atoms with Crippen molar-refractivity contribution in [2.45, 2.75) is 32.7 Å². The van der Waals surface area contributed by atoms with Crippen LogP contribution in [0, 0.1) is 13.8 Å². The zero-order valence-electron chi connectivity index (χ0n) is 15.4. The molecule has 0 unspecified atom stereocenters. The van der Waals surface area contributed by atoms with Gasteiger partial charge in [-0.1, -0.05) is 18.2 Å². The maximum Gasteiger partial charge on any atom is 0.273 e. The molecule has 0 spiro atoms. The van der Waals surface area contributed by atoms with Crippen molar-refractivity contribution in [2.24, 2.45) is 7.05 Å². The van der Waals surface area contributed by atoms with Gasteiger partial charge in [-0.2, -0.15) is 5.10 Å². The Labute approximate surface area is 153 Å². The van der Waals surface area contributed by atoms with E-state index in [1.807, 2.05) is 58.5 Å². The summed E-state index contributed by atoms with van der Waals surface area (Å²) in [7, 11) is 1.96. The number of benzene rings is 1. The summed E-state index contributed by atoms with van der Waals surface area (Å²) in [5, 5.41) is 4.54. The highest BCUT2D eigenvalue weighted by Crippen LogP contribution is 2.36. The summed E-state index contributed by atoms with van der Waals surface area (Å²) in [6.45, 7) is 4.86. The van der Waals surface area contributed by atoms with Crippen molar-refractivity contribution >= 4 is 5.91 Å². The summed E-state index contributed by atoms with van der Waals surface area (Å²) in [5.41, 5.74) is 4.86. The molecule has 1 amide bonds. The van der Waals surface area contributed by atoms with E-state index in [0.717, 1.165) is 36.5 Å². The molecule has 6 nitrogen and oxygen atoms in total. The number of aryl methyl sites for hydroxylation is 2. The molecule has 0 radical (unpaired) electrons. The first-order chi connectivity index (χ1) is 12.6. The standard InChI is InChI=1S/C20H23N5O/c1-14-19(15(2)23(3)22-14)17-10-7-11-24(17)20(26)18-12-21-13-25(18)16-8-5-4-6-9-16/h4-6,8-9,12-13,17H,7,10-11H2,1-3H3/t17-/m0/s1. The molecule has 1 aromatic carbocycles. The molecule has 4 rings (SSSR count). The third-order valence-corrected chi connectivity index (χ3v) is 5.30. The van der Waals surface area contributed by atoms with Crippen molar-refractivity contribution in [1.82, 2.24) is 24.2 Å². The lowest BCUT2D eigenvalue weighted by Crippen LogP contribution is -2.32. The van der Waals surface area contributed by atoms with E-state index in [1.54, 1.807) is 12.5 Å². The minimum atomic E-state index is 0.0245. The Kier molecular flexibility index (Phi) is 4.11. The third kappa shape index (κ3) is 2.62. The fraction of sp³-hybridized carbons (Fsp3) is 0.350. The minimum Gasteiger partial charge on any atom is -0.330 e. The van der Waals surface area contributed by atoms with E-state index in [0.29, 0.717) is 5.69 Å². The summed E-state index contributed by atoms with van der Waals surface area (Å²) in [6.07, 6.45) is 5.34. The second-order valence-electron chi connectivity index (χ2n) is 6.85. The zero-order valence-corrected chi connectivity index (χ0v) is 15.4. The minimum absolute atomic E-state index is 0.0245. The van der Waals surface area contributed by atoms with E-state index < -0.39 is 0 Å². The SMILES string of the molecule is Cc1nn(C)c(C)c1[C@@H]1CCCN1C(=O)c1cncn1-c1ccccc1. The largest absolute Gasteiger partial charge is 0.330 e. The van der Waals surface area contributed by atoms with Crippen molar-refractivity contribution in [3.63, 3.8) is 0 Å². The Balaban J connectivity index is 1.70. The fourth-order valence-corrected chi connectivity index (χ4v) is 3.98. The normalized spacial score (nSPS) is 17.0. The summed E-state index contributed by atoms with van der Waals surface area (Å²) in [4.78, 5) is 19.6. The summed E-state index contributed by atoms with van der Waals surface area (Å²) in [5.74, 6) is 0.0245. The van der Waals surface area contributed by atoms with Gasteiger partial charge in [-0.3, -0.25) is 14.0 Å². The Morgan fingerprint density at radius 2 is 1.96 bits per heavy atom. The highest BCUT2D eigenvalue weighted by atomic mass is 16.2. The van der Waals surface area contributed by atoms with Gasteiger partial charge in [0.2, 0.25) is 0 Å². The molecular formula is C20H23N5O. The van der Waals surface area contributed by atoms with Gasteiger partial charge in [-0.15, -0.1) is 0 Å². The number of carbonyl (C=O) groups excluding carboxylic acids is 1. The molecule has 134 valence electrons. The molecule has 0 bridgehead atoms. The molecule has 2 aromatic heterocycles. The van der Waals surface area contributed by atoms with Gasteiger partial charge < -0.3 is 4.90 Å². The first-order valence-corrected chi connectivity index (χ1v) is 8.96. The van der Waals surface area contributed by atoms with Crippen LogP contribution in [0.1, 0.15) is 46.3 Å². The summed E-state index contributed by atoms with van der Waals surface area (Å²) in [6, 6.07) is 9.93. The molecule has 6 heteroatoms. The number of aromatic nitrogens is 4. The van der Waals surface area contributed by atoms with Gasteiger partial charge in [0.1, 0.15) is 5.69 Å². The monoisotopic (exact) mass is 349 g/mol. The smallest absolute Gasteiger partial charge is 0.273 e. The quantitative estimate of drug-likeness (QED) is 0.730. The average molecular weight is 349 g/mol. The predicted octanol–water partition coefficient (Wildman–Crippen LogP) is 3.20. The van der Waals surface area contributed by atoms with Crippen LogP contribution >= 0.6 is 0 Å². The zero-order chi connectivity index (χ0) is 18.3. The van der Waals surface area contributed by atoms with Crippen molar-refractivity contribution < 1.29 is 4.79 Å². The van der Waals surface area contributed by atoms with E-state index >= 15 is 0 Å². The Morgan fingerprint density at radius 1 is 1.19 bits per heavy atom. The maximum absolute atomic E-state index is 13.4. The van der Waals surface area contributed by atoms with E-state index in [4.69, 9.17) is 0 Å². The van der Waals surface area contributed by atoms with Crippen LogP contribution < -0.4 is 0 Å². The number of likely N-dealkylation sites (tertiary alicyclic amines) is 1. The van der Waals surface area contributed by atoms with Gasteiger partial charge in [0.25, 0.3) is 5.91 Å². The van der Waals surface area contributed by atoms with E-state index in [2.05, 4.69) is 17.0 Å². The molecule has 0 N–H and O–H groups in total. The molecule has 1 saturated heterocycles. The molecule has 3 aromatic rings. The number of amides is 1. The van der Waals surface area contributed by atoms with Crippen molar-refractivity contribution in [3.8, 4) is 5.69 Å². The number of hydrogen-bond acceptors (Lipinski definition) is 3. The first kappa shape index (κ1) is 16.6. The van der Waals surface area contributed by atoms with Crippen LogP contribution in [0.15, 0.2) is 42.9 Å². The molecule has 1 aliphatic heterocycles. The lowest BCUT2D eigenvalue weighted by Gasteiger charge is -2.25. The van der Waals surface area contributed by atoms with Crippen molar-refractivity contribution in [3.05, 3.63) is 65.5 Å². The molecule has 1 atom stereocenters. The van der Waals surface area contributed by atoms with Crippen LogP contribution in [0.4, 0.5) is 0 Å². The number of para-hydroxylation sites is 1. The van der Waals surface area contributed by atoms with E-state index in [-0.39, 0.29) is 11.9 Å². The number of hydrogen-bond donors (Lipinski definition) is 0. The first-order valence-electron chi connectivity index (χ1n) is 8.96. The van der Waals surface area contributed by atoms with E-state index in [1.165, 1.54) is 5.56 Å². The third-order valence-electron chi connectivity index (χ3n) is 5.30. The molecule has 1 aliphatic rings. The van der Waals surface area contributed by atoms with Gasteiger partial charge in [0, 0.05) is 30.5 Å². The summed E-state index contributed by atoms with van der Waals surface area (Å²) >= 11 is 0. The Bertz CT molecular complexity index is 941. The topological polar surface area (TPSA) is 56.0 Å². The molecule has 1 fully saturated rings. The average Bonchev–Trinajstić information content (AvgIpc) is 3.36. The van der Waals surface area contributed by atoms with Crippen LogP contribution in [0.2, 0.25) is 0 Å². The molecule has 0 saturated carbocycles. The fourth-order valence-electron chi connectivity index (χ4n) is 3.98. The number of nitrogens with zero attached hydrogens (tertiary/aromatic N) is 5. The highest BCUT2D eigenvalue weighted by Gasteiger charge is 2.35. The second kappa shape index (κ2) is 6.44. The number of rotatable bonds is 3. The second-order valence-corrected chi connectivity index (χ2v) is 6.85. The lowest BCUT2D eigenvalue weighted by atomic mass is 10.0. The van der Waals surface area contributed by atoms with Gasteiger partial charge >= 0.3 is 0 Å². The van der Waals surface area contributed by atoms with Crippen molar-refractivity contribution in [1.29, 1.82) is 0 Å². The predicted molar refractivity (Wildman–Crippen MR) is 99.3 cm³/mol. The lowest BCUT2D eigenvalue weighted by molar-refractivity contribution is 0.0727. The molecular weight excluding hydrogens is 326 g/mol. The van der Waals surface area contributed by atoms with Gasteiger partial charge in [0.15, 0.2) is 0 Å². The van der Waals surface area contributed by atoms with Gasteiger partial charge in [-0.25, -0.2) is 4.98 Å². The number of carbonyl (C=O) groups is 1. The van der Waals surface area contributed by atoms with Crippen molar-refractivity contribution in [2.75, 3.05) is 6.54 Å². The van der Waals surface area contributed by atoms with Gasteiger partial charge in [-0.05, 0) is 38.8 Å². The van der Waals surface area contributed by atoms with Crippen LogP contribution in [-0.4, -0.2) is 36.7 Å². The van der Waals surface area contributed by atoms with Gasteiger partial charge in [0.05, 0.1) is 24.3 Å². The van der Waals surface area contributed by atoms with Crippen LogP contribution in [0.5, 0.6) is 0 Å². The van der Waals surface area contributed by atoms with Crippen LogP contribution in [0.3, 0.4) is 0 Å². The Hall–Kier alpha value is -2.89. The highest BCUT2D eigenvalue weighted by molar-refractivity contribution is 5.93. The molecule has 0 aliphatic carbocycles. The molecule has 3 heterocycles. The van der Waals surface area contributed by atoms with Crippen LogP contribution in [-0.2, 0) is 7.05 Å². The Morgan fingerprint density at radius 3 is 2.65 bits per heavy atom. The number of imidazole rings is 1. The van der Waals surface area contributed by atoms with Crippen LogP contribution in [0.25, 0.3) is 5.69 Å². The maximum atomic E-state index is 13.4. The van der Waals surface area contributed by atoms with E-state index in [9.17, 15) is 4.79 Å². The summed E-state index contributed by atoms with van der Waals surface area (Å²) < 4.78 is 3.76. The molecule has 26 heavy (non-hydrogen) atoms.